The van der Waals surface area contributed by atoms with Gasteiger partial charge in [-0.3, -0.25) is 0 Å². The molecule has 4 nitrogen and oxygen atoms in total. The Morgan fingerprint density at radius 1 is 1.28 bits per heavy atom. The van der Waals surface area contributed by atoms with E-state index in [1.165, 1.54) is 12.8 Å². The van der Waals surface area contributed by atoms with Crippen molar-refractivity contribution in [1.29, 1.82) is 0 Å². The van der Waals surface area contributed by atoms with Gasteiger partial charge in [0.2, 0.25) is 5.28 Å². The number of hydrogen-bond acceptors (Lipinski definition) is 5. The molecular formula is C12H19ClN4S. The lowest BCUT2D eigenvalue weighted by Gasteiger charge is -2.28. The summed E-state index contributed by atoms with van der Waals surface area (Å²) < 4.78 is 0. The molecule has 0 saturated heterocycles. The van der Waals surface area contributed by atoms with Crippen LogP contribution in [0.25, 0.3) is 0 Å². The van der Waals surface area contributed by atoms with Crippen molar-refractivity contribution in [2.45, 2.75) is 43.9 Å². The first-order valence-corrected chi connectivity index (χ1v) is 7.85. The largest absolute Gasteiger partial charge is 0.394 e. The van der Waals surface area contributed by atoms with Gasteiger partial charge in [-0.1, -0.05) is 0 Å². The van der Waals surface area contributed by atoms with E-state index in [2.05, 4.69) is 21.5 Å². The molecule has 1 aliphatic rings. The van der Waals surface area contributed by atoms with Gasteiger partial charge in [0.25, 0.3) is 0 Å². The summed E-state index contributed by atoms with van der Waals surface area (Å²) in [5, 5.41) is 4.46. The Bertz CT molecular complexity index is 419. The van der Waals surface area contributed by atoms with Crippen molar-refractivity contribution in [3.05, 3.63) is 11.0 Å². The number of nitrogens with one attached hydrogen (secondary N) is 1. The summed E-state index contributed by atoms with van der Waals surface area (Å²) in [7, 11) is 0. The molecule has 0 aliphatic heterocycles. The number of aromatic nitrogens is 2. The van der Waals surface area contributed by atoms with E-state index in [-0.39, 0.29) is 5.28 Å². The number of thioether (sulfide) groups is 1. The van der Waals surface area contributed by atoms with Gasteiger partial charge in [-0.15, -0.1) is 0 Å². The van der Waals surface area contributed by atoms with E-state index in [0.29, 0.717) is 17.5 Å². The van der Waals surface area contributed by atoms with E-state index in [9.17, 15) is 0 Å². The summed E-state index contributed by atoms with van der Waals surface area (Å²) in [5.41, 5.74) is 7.31. The van der Waals surface area contributed by atoms with Crippen molar-refractivity contribution in [2.24, 2.45) is 0 Å². The van der Waals surface area contributed by atoms with Gasteiger partial charge >= 0.3 is 0 Å². The summed E-state index contributed by atoms with van der Waals surface area (Å²) in [6.07, 6.45) is 6.99. The Labute approximate surface area is 117 Å². The average molecular weight is 287 g/mol. The summed E-state index contributed by atoms with van der Waals surface area (Å²) in [6.45, 7) is 1.85. The van der Waals surface area contributed by atoms with E-state index in [4.69, 9.17) is 17.3 Å². The second-order valence-corrected chi connectivity index (χ2v) is 6.17. The van der Waals surface area contributed by atoms with Crippen molar-refractivity contribution in [1.82, 2.24) is 9.97 Å². The smallest absolute Gasteiger partial charge is 0.224 e. The van der Waals surface area contributed by atoms with Crippen LogP contribution in [-0.2, 0) is 0 Å². The topological polar surface area (TPSA) is 63.8 Å². The van der Waals surface area contributed by atoms with Gasteiger partial charge in [-0.25, -0.2) is 4.98 Å². The third kappa shape index (κ3) is 3.20. The van der Waals surface area contributed by atoms with E-state index in [0.717, 1.165) is 23.8 Å². The molecule has 1 aliphatic carbocycles. The van der Waals surface area contributed by atoms with Crippen LogP contribution in [-0.4, -0.2) is 27.5 Å². The molecule has 0 unspecified atom stereocenters. The maximum Gasteiger partial charge on any atom is 0.224 e. The zero-order valence-electron chi connectivity index (χ0n) is 10.7. The molecule has 0 aromatic carbocycles. The summed E-state index contributed by atoms with van der Waals surface area (Å²) in [5.74, 6) is 0.681. The van der Waals surface area contributed by atoms with Gasteiger partial charge in [-0.05, 0) is 50.5 Å². The molecule has 0 spiro atoms. The molecule has 1 fully saturated rings. The molecule has 0 atom stereocenters. The minimum absolute atomic E-state index is 0.252. The number of nitrogens with zero attached hydrogens (tertiary/aromatic N) is 2. The van der Waals surface area contributed by atoms with E-state index in [1.54, 1.807) is 0 Å². The van der Waals surface area contributed by atoms with Crippen LogP contribution in [0.4, 0.5) is 11.5 Å². The second-order valence-electron chi connectivity index (χ2n) is 4.69. The molecule has 0 bridgehead atoms. The Balaban J connectivity index is 2.02. The number of rotatable bonds is 3. The van der Waals surface area contributed by atoms with Gasteiger partial charge in [0.05, 0.1) is 11.4 Å². The Morgan fingerprint density at radius 2 is 1.94 bits per heavy atom. The van der Waals surface area contributed by atoms with E-state index >= 15 is 0 Å². The summed E-state index contributed by atoms with van der Waals surface area (Å²) in [4.78, 5) is 8.22. The van der Waals surface area contributed by atoms with Gasteiger partial charge < -0.3 is 11.1 Å². The highest BCUT2D eigenvalue weighted by atomic mass is 35.5. The zero-order chi connectivity index (χ0) is 13.1. The van der Waals surface area contributed by atoms with Crippen molar-refractivity contribution in [2.75, 3.05) is 17.3 Å². The van der Waals surface area contributed by atoms with E-state index in [1.807, 2.05) is 18.7 Å². The SMILES string of the molecule is CSC1CCC(Nc2nc(Cl)nc(C)c2N)CC1. The first-order valence-electron chi connectivity index (χ1n) is 6.19. The minimum Gasteiger partial charge on any atom is -0.394 e. The maximum absolute atomic E-state index is 5.97. The molecule has 1 aromatic rings. The predicted molar refractivity (Wildman–Crippen MR) is 79.4 cm³/mol. The number of anilines is 2. The summed E-state index contributed by atoms with van der Waals surface area (Å²) in [6, 6.07) is 0.445. The fraction of sp³-hybridized carbons (Fsp3) is 0.667. The molecule has 1 saturated carbocycles. The lowest BCUT2D eigenvalue weighted by atomic mass is 9.95. The van der Waals surface area contributed by atoms with Crippen LogP contribution >= 0.6 is 23.4 Å². The molecule has 3 N–H and O–H groups in total. The Hall–Kier alpha value is -0.680. The summed E-state index contributed by atoms with van der Waals surface area (Å²) >= 11 is 7.83. The Kier molecular flexibility index (Phi) is 4.56. The van der Waals surface area contributed by atoms with Gasteiger partial charge in [0.15, 0.2) is 5.82 Å². The fourth-order valence-corrected chi connectivity index (χ4v) is 3.25. The molecule has 1 aromatic heterocycles. The van der Waals surface area contributed by atoms with Gasteiger partial charge in [0.1, 0.15) is 0 Å². The number of halogens is 1. The normalized spacial score (nSPS) is 23.9. The van der Waals surface area contributed by atoms with Gasteiger partial charge in [-0.2, -0.15) is 16.7 Å². The van der Waals surface area contributed by atoms with Crippen molar-refractivity contribution in [3.63, 3.8) is 0 Å². The van der Waals surface area contributed by atoms with Crippen LogP contribution in [0.1, 0.15) is 31.4 Å². The maximum atomic E-state index is 5.97. The molecule has 0 amide bonds. The lowest BCUT2D eigenvalue weighted by Crippen LogP contribution is -2.28. The van der Waals surface area contributed by atoms with Crippen LogP contribution < -0.4 is 11.1 Å². The van der Waals surface area contributed by atoms with Crippen LogP contribution in [0.15, 0.2) is 0 Å². The molecule has 1 heterocycles. The quantitative estimate of drug-likeness (QED) is 0.836. The number of nitrogens with two attached hydrogens (primary N) is 1. The minimum atomic E-state index is 0.252. The van der Waals surface area contributed by atoms with Crippen LogP contribution in [0.3, 0.4) is 0 Å². The number of aryl methyl sites for hydroxylation is 1. The highest BCUT2D eigenvalue weighted by Crippen LogP contribution is 2.30. The molecular weight excluding hydrogens is 268 g/mol. The molecule has 18 heavy (non-hydrogen) atoms. The molecule has 100 valence electrons. The average Bonchev–Trinajstić information content (AvgIpc) is 2.36. The van der Waals surface area contributed by atoms with Crippen LogP contribution in [0.2, 0.25) is 5.28 Å². The third-order valence-electron chi connectivity index (χ3n) is 3.46. The predicted octanol–water partition coefficient (Wildman–Crippen LogP) is 3.11. The van der Waals surface area contributed by atoms with Crippen LogP contribution in [0, 0.1) is 6.92 Å². The molecule has 2 rings (SSSR count). The second kappa shape index (κ2) is 5.97. The van der Waals surface area contributed by atoms with Crippen molar-refractivity contribution < 1.29 is 0 Å². The standard InChI is InChI=1S/C12H19ClN4S/c1-7-10(14)11(17-12(13)15-7)16-8-3-5-9(18-2)6-4-8/h8-9H,3-6,14H2,1-2H3,(H,15,16,17). The monoisotopic (exact) mass is 286 g/mol. The zero-order valence-corrected chi connectivity index (χ0v) is 12.3. The highest BCUT2D eigenvalue weighted by molar-refractivity contribution is 7.99. The fourth-order valence-electron chi connectivity index (χ4n) is 2.29. The number of hydrogen-bond donors (Lipinski definition) is 2. The van der Waals surface area contributed by atoms with Crippen molar-refractivity contribution >= 4 is 34.9 Å². The Morgan fingerprint density at radius 3 is 2.56 bits per heavy atom. The van der Waals surface area contributed by atoms with Crippen LogP contribution in [0.5, 0.6) is 0 Å². The van der Waals surface area contributed by atoms with Gasteiger partial charge in [0, 0.05) is 11.3 Å². The lowest BCUT2D eigenvalue weighted by molar-refractivity contribution is 0.472. The number of nitrogen functional groups attached to an aromatic ring is 1. The molecule has 6 heteroatoms. The van der Waals surface area contributed by atoms with E-state index < -0.39 is 0 Å². The highest BCUT2D eigenvalue weighted by Gasteiger charge is 2.21. The van der Waals surface area contributed by atoms with Crippen molar-refractivity contribution in [3.8, 4) is 0 Å². The third-order valence-corrected chi connectivity index (χ3v) is 4.76. The molecule has 0 radical (unpaired) electrons. The first kappa shape index (κ1) is 13.7. The first-order chi connectivity index (χ1) is 8.60.